The number of oxazole rings is 1. The number of nitrogens with one attached hydrogen (secondary N) is 1. The lowest BCUT2D eigenvalue weighted by molar-refractivity contribution is -0.119. The first-order valence-corrected chi connectivity index (χ1v) is 10.6. The summed E-state index contributed by atoms with van der Waals surface area (Å²) in [7, 11) is -0.589. The van der Waals surface area contributed by atoms with Crippen LogP contribution in [0.4, 0.5) is 0 Å². The second kappa shape index (κ2) is 7.95. The fourth-order valence-corrected chi connectivity index (χ4v) is 4.12. The van der Waals surface area contributed by atoms with E-state index in [9.17, 15) is 13.2 Å². The van der Waals surface area contributed by atoms with Crippen molar-refractivity contribution in [1.82, 2.24) is 14.6 Å². The summed E-state index contributed by atoms with van der Waals surface area (Å²) in [5.41, 5.74) is 0.917. The lowest BCUT2D eigenvalue weighted by atomic mass is 10.2. The van der Waals surface area contributed by atoms with E-state index in [0.29, 0.717) is 22.9 Å². The Morgan fingerprint density at radius 2 is 2.23 bits per heavy atom. The first-order chi connectivity index (χ1) is 12.4. The monoisotopic (exact) mass is 399 g/mol. The van der Waals surface area contributed by atoms with Crippen molar-refractivity contribution in [2.45, 2.75) is 29.1 Å². The first kappa shape index (κ1) is 19.2. The Labute approximate surface area is 156 Å². The van der Waals surface area contributed by atoms with Gasteiger partial charge in [-0.25, -0.2) is 17.7 Å². The zero-order valence-corrected chi connectivity index (χ0v) is 16.2. The van der Waals surface area contributed by atoms with Gasteiger partial charge in [-0.2, -0.15) is 0 Å². The van der Waals surface area contributed by atoms with Crippen LogP contribution >= 0.6 is 11.8 Å². The van der Waals surface area contributed by atoms with Crippen molar-refractivity contribution in [2.75, 3.05) is 33.0 Å². The molecule has 1 atom stereocenters. The number of sulfonamides is 1. The molecule has 0 bridgehead atoms. The average Bonchev–Trinajstić information content (AvgIpc) is 3.26. The third-order valence-electron chi connectivity index (χ3n) is 4.00. The summed E-state index contributed by atoms with van der Waals surface area (Å²) in [6.45, 7) is 1.27. The van der Waals surface area contributed by atoms with Gasteiger partial charge in [0.25, 0.3) is 5.22 Å². The number of carbonyl (C=O) groups is 1. The molecule has 1 aromatic heterocycles. The standard InChI is InChI=1S/C16H21N3O5S2/c1-19(2)26(21,22)12-5-6-14-13(8-12)18-16(24-14)25-10-15(20)17-9-11-4-3-7-23-11/h5-6,8,11H,3-4,7,9-10H2,1-2H3,(H,17,20)/t11-/m0/s1. The number of ether oxygens (including phenoxy) is 1. The molecule has 1 aromatic carbocycles. The number of rotatable bonds is 7. The molecule has 0 unspecified atom stereocenters. The molecule has 1 fully saturated rings. The molecule has 142 valence electrons. The lowest BCUT2D eigenvalue weighted by Crippen LogP contribution is -2.32. The van der Waals surface area contributed by atoms with Crippen molar-refractivity contribution in [1.29, 1.82) is 0 Å². The van der Waals surface area contributed by atoms with E-state index in [1.54, 1.807) is 6.07 Å². The number of aromatic nitrogens is 1. The lowest BCUT2D eigenvalue weighted by Gasteiger charge is -2.10. The van der Waals surface area contributed by atoms with Crippen LogP contribution in [0.2, 0.25) is 0 Å². The highest BCUT2D eigenvalue weighted by Crippen LogP contribution is 2.26. The zero-order chi connectivity index (χ0) is 18.7. The Bertz CT molecular complexity index is 888. The van der Waals surface area contributed by atoms with Gasteiger partial charge >= 0.3 is 0 Å². The normalized spacial score (nSPS) is 17.9. The largest absolute Gasteiger partial charge is 0.431 e. The molecule has 26 heavy (non-hydrogen) atoms. The predicted octanol–water partition coefficient (Wildman–Crippen LogP) is 1.47. The van der Waals surface area contributed by atoms with E-state index in [4.69, 9.17) is 9.15 Å². The number of carbonyl (C=O) groups excluding carboxylic acids is 1. The highest BCUT2D eigenvalue weighted by atomic mass is 32.2. The summed E-state index contributed by atoms with van der Waals surface area (Å²) in [5.74, 6) is 0.0474. The molecule has 1 saturated heterocycles. The van der Waals surface area contributed by atoms with Crippen LogP contribution in [0, 0.1) is 0 Å². The summed E-state index contributed by atoms with van der Waals surface area (Å²) >= 11 is 1.17. The molecule has 1 amide bonds. The van der Waals surface area contributed by atoms with Crippen molar-refractivity contribution in [2.24, 2.45) is 0 Å². The van der Waals surface area contributed by atoms with Crippen LogP contribution in [-0.2, 0) is 19.6 Å². The Morgan fingerprint density at radius 1 is 1.42 bits per heavy atom. The van der Waals surface area contributed by atoms with Gasteiger partial charge in [0.1, 0.15) is 5.52 Å². The number of thioether (sulfide) groups is 1. The van der Waals surface area contributed by atoms with Crippen molar-refractivity contribution in [3.63, 3.8) is 0 Å². The van der Waals surface area contributed by atoms with E-state index >= 15 is 0 Å². The molecule has 1 N–H and O–H groups in total. The van der Waals surface area contributed by atoms with Gasteiger partial charge in [0.2, 0.25) is 15.9 Å². The third-order valence-corrected chi connectivity index (χ3v) is 6.63. The molecule has 1 aliphatic rings. The van der Waals surface area contributed by atoms with Crippen molar-refractivity contribution >= 4 is 38.8 Å². The molecule has 0 spiro atoms. The van der Waals surface area contributed by atoms with E-state index in [0.717, 1.165) is 23.8 Å². The van der Waals surface area contributed by atoms with Gasteiger partial charge in [0, 0.05) is 27.2 Å². The van der Waals surface area contributed by atoms with Crippen molar-refractivity contribution in [3.8, 4) is 0 Å². The molecule has 2 heterocycles. The summed E-state index contributed by atoms with van der Waals surface area (Å²) in [4.78, 5) is 16.3. The molecular formula is C16H21N3O5S2. The Hall–Kier alpha value is -1.62. The van der Waals surface area contributed by atoms with E-state index in [1.165, 1.54) is 38.0 Å². The Kier molecular flexibility index (Phi) is 5.86. The second-order valence-electron chi connectivity index (χ2n) is 6.12. The minimum atomic E-state index is -3.53. The van der Waals surface area contributed by atoms with Gasteiger partial charge in [-0.15, -0.1) is 0 Å². The molecule has 10 heteroatoms. The number of hydrogen-bond acceptors (Lipinski definition) is 7. The van der Waals surface area contributed by atoms with Gasteiger partial charge < -0.3 is 14.5 Å². The van der Waals surface area contributed by atoms with E-state index < -0.39 is 10.0 Å². The van der Waals surface area contributed by atoms with E-state index in [-0.39, 0.29) is 22.7 Å². The SMILES string of the molecule is CN(C)S(=O)(=O)c1ccc2oc(SCC(=O)NC[C@@H]3CCCO3)nc2c1. The number of amides is 1. The maximum absolute atomic E-state index is 12.2. The smallest absolute Gasteiger partial charge is 0.257 e. The van der Waals surface area contributed by atoms with Gasteiger partial charge in [0.15, 0.2) is 5.58 Å². The van der Waals surface area contributed by atoms with Crippen LogP contribution in [-0.4, -0.2) is 62.7 Å². The molecule has 0 radical (unpaired) electrons. The zero-order valence-electron chi connectivity index (χ0n) is 14.6. The highest BCUT2D eigenvalue weighted by molar-refractivity contribution is 7.99. The maximum Gasteiger partial charge on any atom is 0.257 e. The van der Waals surface area contributed by atoms with Gasteiger partial charge in [0.05, 0.1) is 16.8 Å². The number of benzene rings is 1. The van der Waals surface area contributed by atoms with Gasteiger partial charge in [-0.1, -0.05) is 11.8 Å². The Balaban J connectivity index is 1.61. The second-order valence-corrected chi connectivity index (χ2v) is 9.20. The molecule has 3 rings (SSSR count). The minimum Gasteiger partial charge on any atom is -0.431 e. The number of hydrogen-bond donors (Lipinski definition) is 1. The van der Waals surface area contributed by atoms with E-state index in [1.807, 2.05) is 0 Å². The third kappa shape index (κ3) is 4.37. The van der Waals surface area contributed by atoms with Crippen LogP contribution in [0.25, 0.3) is 11.1 Å². The van der Waals surface area contributed by atoms with Crippen LogP contribution in [0.15, 0.2) is 32.7 Å². The summed E-state index contributed by atoms with van der Waals surface area (Å²) in [6, 6.07) is 4.52. The van der Waals surface area contributed by atoms with Crippen molar-refractivity contribution < 1.29 is 22.4 Å². The molecule has 2 aromatic rings. The Morgan fingerprint density at radius 3 is 2.92 bits per heavy atom. The fraction of sp³-hybridized carbons (Fsp3) is 0.500. The van der Waals surface area contributed by atoms with Crippen molar-refractivity contribution in [3.05, 3.63) is 18.2 Å². The quantitative estimate of drug-likeness (QED) is 0.703. The van der Waals surface area contributed by atoms with E-state index in [2.05, 4.69) is 10.3 Å². The summed E-state index contributed by atoms with van der Waals surface area (Å²) < 4.78 is 36.5. The van der Waals surface area contributed by atoms with Crippen LogP contribution in [0.5, 0.6) is 0 Å². The molecule has 8 nitrogen and oxygen atoms in total. The predicted molar refractivity (Wildman–Crippen MR) is 97.6 cm³/mol. The molecule has 0 saturated carbocycles. The average molecular weight is 399 g/mol. The van der Waals surface area contributed by atoms with Crippen LogP contribution in [0.3, 0.4) is 0 Å². The maximum atomic E-state index is 12.2. The fourth-order valence-electron chi connectivity index (χ4n) is 2.53. The highest BCUT2D eigenvalue weighted by Gasteiger charge is 2.20. The summed E-state index contributed by atoms with van der Waals surface area (Å²) in [5, 5.41) is 3.16. The van der Waals surface area contributed by atoms with Crippen LogP contribution in [0.1, 0.15) is 12.8 Å². The van der Waals surface area contributed by atoms with Gasteiger partial charge in [-0.3, -0.25) is 4.79 Å². The summed E-state index contributed by atoms with van der Waals surface area (Å²) in [6.07, 6.45) is 2.10. The van der Waals surface area contributed by atoms with Gasteiger partial charge in [-0.05, 0) is 31.0 Å². The molecule has 0 aliphatic carbocycles. The number of fused-ring (bicyclic) bond motifs is 1. The topological polar surface area (TPSA) is 102 Å². The molecular weight excluding hydrogens is 378 g/mol. The van der Waals surface area contributed by atoms with Crippen LogP contribution < -0.4 is 5.32 Å². The molecule has 1 aliphatic heterocycles. The number of nitrogens with zero attached hydrogens (tertiary/aromatic N) is 2. The first-order valence-electron chi connectivity index (χ1n) is 8.20. The minimum absolute atomic E-state index is 0.102.